The zero-order chi connectivity index (χ0) is 12.4. The molecule has 0 aliphatic heterocycles. The van der Waals surface area contributed by atoms with Crippen molar-refractivity contribution in [2.75, 3.05) is 12.8 Å². The van der Waals surface area contributed by atoms with Crippen LogP contribution in [0.5, 0.6) is 0 Å². The van der Waals surface area contributed by atoms with Crippen LogP contribution >= 0.6 is 11.3 Å². The second-order valence-electron chi connectivity index (χ2n) is 4.90. The van der Waals surface area contributed by atoms with Gasteiger partial charge in [0.25, 0.3) is 5.91 Å². The molecule has 1 aliphatic rings. The third-order valence-corrected chi connectivity index (χ3v) is 4.27. The molecule has 0 bridgehead atoms. The maximum absolute atomic E-state index is 12.2. The lowest BCUT2D eigenvalue weighted by molar-refractivity contribution is 0.0674. The molecule has 2 rings (SSSR count). The largest absolute Gasteiger partial charge is 0.375 e. The first kappa shape index (κ1) is 12.4. The Morgan fingerprint density at radius 2 is 2.12 bits per heavy atom. The van der Waals surface area contributed by atoms with Crippen molar-refractivity contribution in [2.45, 2.75) is 38.6 Å². The minimum Gasteiger partial charge on any atom is -0.375 e. The Morgan fingerprint density at radius 3 is 2.65 bits per heavy atom. The minimum atomic E-state index is -0.00231. The third-order valence-electron chi connectivity index (χ3n) is 3.59. The lowest BCUT2D eigenvalue weighted by Gasteiger charge is -2.33. The average Bonchev–Trinajstić information content (AvgIpc) is 2.75. The molecule has 0 saturated heterocycles. The highest BCUT2D eigenvalue weighted by Gasteiger charge is 2.26. The molecule has 0 aromatic carbocycles. The molecule has 1 aromatic heterocycles. The Labute approximate surface area is 106 Å². The fourth-order valence-corrected chi connectivity index (χ4v) is 2.90. The van der Waals surface area contributed by atoms with Crippen LogP contribution in [0.1, 0.15) is 43.1 Å². The Balaban J connectivity index is 2.00. The number of hydrogen-bond acceptors (Lipinski definition) is 4. The lowest BCUT2D eigenvalue weighted by Crippen LogP contribution is -2.39. The van der Waals surface area contributed by atoms with Gasteiger partial charge >= 0.3 is 0 Å². The topological polar surface area (TPSA) is 59.2 Å². The van der Waals surface area contributed by atoms with Crippen molar-refractivity contribution < 1.29 is 4.79 Å². The molecule has 0 spiro atoms. The normalized spacial score (nSPS) is 24.6. The van der Waals surface area contributed by atoms with Gasteiger partial charge in [-0.3, -0.25) is 4.79 Å². The van der Waals surface area contributed by atoms with Gasteiger partial charge < -0.3 is 10.6 Å². The number of amides is 1. The van der Waals surface area contributed by atoms with Gasteiger partial charge in [0.15, 0.2) is 5.13 Å². The van der Waals surface area contributed by atoms with Crippen LogP contribution in [0.25, 0.3) is 0 Å². The van der Waals surface area contributed by atoms with Gasteiger partial charge in [0.05, 0.1) is 0 Å². The first-order chi connectivity index (χ1) is 8.08. The van der Waals surface area contributed by atoms with E-state index in [1.165, 1.54) is 24.2 Å². The van der Waals surface area contributed by atoms with Crippen molar-refractivity contribution in [3.05, 3.63) is 11.1 Å². The summed E-state index contributed by atoms with van der Waals surface area (Å²) in [6.07, 6.45) is 4.62. The fourth-order valence-electron chi connectivity index (χ4n) is 2.36. The number of nitrogens with two attached hydrogens (primary N) is 1. The van der Waals surface area contributed by atoms with E-state index >= 15 is 0 Å². The van der Waals surface area contributed by atoms with Gasteiger partial charge in [-0.2, -0.15) is 0 Å². The number of aromatic nitrogens is 1. The zero-order valence-electron chi connectivity index (χ0n) is 10.3. The van der Waals surface area contributed by atoms with Gasteiger partial charge in [0.1, 0.15) is 5.69 Å². The predicted octanol–water partition coefficient (Wildman–Crippen LogP) is 2.38. The quantitative estimate of drug-likeness (QED) is 0.880. The first-order valence-electron chi connectivity index (χ1n) is 6.06. The number of nitrogen functional groups attached to an aromatic ring is 1. The van der Waals surface area contributed by atoms with Crippen molar-refractivity contribution in [3.63, 3.8) is 0 Å². The number of rotatable bonds is 2. The minimum absolute atomic E-state index is 0.00231. The smallest absolute Gasteiger partial charge is 0.273 e. The maximum Gasteiger partial charge on any atom is 0.273 e. The monoisotopic (exact) mass is 253 g/mol. The highest BCUT2D eigenvalue weighted by molar-refractivity contribution is 7.13. The molecule has 94 valence electrons. The standard InChI is InChI=1S/C12H19N3OS/c1-8-3-5-9(6-4-8)15(2)11(16)10-7-17-12(13)14-10/h7-9H,3-6H2,1-2H3,(H2,13,14). The molecule has 1 aliphatic carbocycles. The molecule has 1 saturated carbocycles. The fraction of sp³-hybridized carbons (Fsp3) is 0.667. The molecular weight excluding hydrogens is 234 g/mol. The van der Waals surface area contributed by atoms with E-state index in [1.807, 2.05) is 11.9 Å². The van der Waals surface area contributed by atoms with Gasteiger partial charge in [0, 0.05) is 18.5 Å². The van der Waals surface area contributed by atoms with Gasteiger partial charge in [-0.15, -0.1) is 11.3 Å². The Bertz CT molecular complexity index is 396. The van der Waals surface area contributed by atoms with E-state index in [0.717, 1.165) is 18.8 Å². The zero-order valence-corrected chi connectivity index (χ0v) is 11.2. The Hall–Kier alpha value is -1.10. The first-order valence-corrected chi connectivity index (χ1v) is 6.94. The molecule has 1 aromatic rings. The van der Waals surface area contributed by atoms with Crippen LogP contribution in [0, 0.1) is 5.92 Å². The number of carbonyl (C=O) groups excluding carboxylic acids is 1. The van der Waals surface area contributed by atoms with E-state index in [9.17, 15) is 4.79 Å². The second-order valence-corrected chi connectivity index (χ2v) is 5.79. The summed E-state index contributed by atoms with van der Waals surface area (Å²) in [6, 6.07) is 0.363. The molecule has 17 heavy (non-hydrogen) atoms. The van der Waals surface area contributed by atoms with Gasteiger partial charge in [0.2, 0.25) is 0 Å². The Morgan fingerprint density at radius 1 is 1.47 bits per heavy atom. The SMILES string of the molecule is CC1CCC(N(C)C(=O)c2csc(N)n2)CC1. The van der Waals surface area contributed by atoms with Crippen LogP contribution in [0.3, 0.4) is 0 Å². The van der Waals surface area contributed by atoms with Crippen molar-refractivity contribution in [3.8, 4) is 0 Å². The lowest BCUT2D eigenvalue weighted by atomic mass is 9.87. The van der Waals surface area contributed by atoms with E-state index in [0.29, 0.717) is 16.9 Å². The molecule has 0 radical (unpaired) electrons. The van der Waals surface area contributed by atoms with Gasteiger partial charge in [-0.25, -0.2) is 4.98 Å². The number of hydrogen-bond donors (Lipinski definition) is 1. The second kappa shape index (κ2) is 5.04. The summed E-state index contributed by atoms with van der Waals surface area (Å²) in [4.78, 5) is 18.0. The van der Waals surface area contributed by atoms with Crippen LogP contribution in [0.2, 0.25) is 0 Å². The van der Waals surface area contributed by atoms with Crippen molar-refractivity contribution in [1.29, 1.82) is 0 Å². The molecule has 1 amide bonds. The summed E-state index contributed by atoms with van der Waals surface area (Å²) in [5.41, 5.74) is 6.03. The molecule has 0 atom stereocenters. The summed E-state index contributed by atoms with van der Waals surface area (Å²) in [7, 11) is 1.87. The van der Waals surface area contributed by atoms with Crippen molar-refractivity contribution in [2.24, 2.45) is 5.92 Å². The number of thiazole rings is 1. The van der Waals surface area contributed by atoms with Crippen LogP contribution in [0.15, 0.2) is 5.38 Å². The van der Waals surface area contributed by atoms with Gasteiger partial charge in [-0.1, -0.05) is 6.92 Å². The van der Waals surface area contributed by atoms with Crippen molar-refractivity contribution in [1.82, 2.24) is 9.88 Å². The van der Waals surface area contributed by atoms with Gasteiger partial charge in [-0.05, 0) is 31.6 Å². The van der Waals surface area contributed by atoms with E-state index in [4.69, 9.17) is 5.73 Å². The van der Waals surface area contributed by atoms with E-state index < -0.39 is 0 Å². The Kier molecular flexibility index (Phi) is 3.66. The summed E-state index contributed by atoms with van der Waals surface area (Å²) in [5, 5.41) is 2.19. The van der Waals surface area contributed by atoms with Crippen LogP contribution in [-0.4, -0.2) is 28.9 Å². The summed E-state index contributed by atoms with van der Waals surface area (Å²) >= 11 is 1.32. The summed E-state index contributed by atoms with van der Waals surface area (Å²) < 4.78 is 0. The maximum atomic E-state index is 12.2. The summed E-state index contributed by atoms with van der Waals surface area (Å²) in [6.45, 7) is 2.28. The van der Waals surface area contributed by atoms with E-state index in [-0.39, 0.29) is 5.91 Å². The van der Waals surface area contributed by atoms with Crippen LogP contribution in [0.4, 0.5) is 5.13 Å². The predicted molar refractivity (Wildman–Crippen MR) is 70.0 cm³/mol. The summed E-state index contributed by atoms with van der Waals surface area (Å²) in [5.74, 6) is 0.794. The molecule has 4 nitrogen and oxygen atoms in total. The third kappa shape index (κ3) is 2.77. The molecular formula is C12H19N3OS. The highest BCUT2D eigenvalue weighted by atomic mass is 32.1. The molecule has 0 unspecified atom stereocenters. The number of anilines is 1. The van der Waals surface area contributed by atoms with E-state index in [2.05, 4.69) is 11.9 Å². The molecule has 1 fully saturated rings. The number of carbonyl (C=O) groups is 1. The molecule has 1 heterocycles. The van der Waals surface area contributed by atoms with Crippen molar-refractivity contribution >= 4 is 22.4 Å². The van der Waals surface area contributed by atoms with E-state index in [1.54, 1.807) is 5.38 Å². The highest BCUT2D eigenvalue weighted by Crippen LogP contribution is 2.27. The molecule has 2 N–H and O–H groups in total. The van der Waals surface area contributed by atoms with Crippen LogP contribution in [-0.2, 0) is 0 Å². The average molecular weight is 253 g/mol. The number of nitrogens with zero attached hydrogens (tertiary/aromatic N) is 2. The van der Waals surface area contributed by atoms with Crippen LogP contribution < -0.4 is 5.73 Å². The molecule has 5 heteroatoms.